The van der Waals surface area contributed by atoms with Crippen LogP contribution in [0.5, 0.6) is 0 Å². The lowest BCUT2D eigenvalue weighted by molar-refractivity contribution is -0.137. The van der Waals surface area contributed by atoms with Crippen LogP contribution in [0, 0.1) is 0 Å². The molecule has 5 nitrogen and oxygen atoms in total. The van der Waals surface area contributed by atoms with Crippen LogP contribution in [0.2, 0.25) is 0 Å². The van der Waals surface area contributed by atoms with E-state index in [1.807, 2.05) is 20.8 Å². The van der Waals surface area contributed by atoms with Crippen molar-refractivity contribution in [1.29, 1.82) is 0 Å². The van der Waals surface area contributed by atoms with Crippen LogP contribution in [-0.2, 0) is 14.3 Å². The van der Waals surface area contributed by atoms with Gasteiger partial charge in [-0.1, -0.05) is 0 Å². The van der Waals surface area contributed by atoms with E-state index in [-0.39, 0.29) is 24.1 Å². The third-order valence-electron chi connectivity index (χ3n) is 3.60. The van der Waals surface area contributed by atoms with Crippen LogP contribution in [0.1, 0.15) is 47.0 Å². The van der Waals surface area contributed by atoms with Crippen molar-refractivity contribution in [1.82, 2.24) is 4.90 Å². The van der Waals surface area contributed by atoms with E-state index in [2.05, 4.69) is 0 Å². The molecule has 0 aromatic heterocycles. The van der Waals surface area contributed by atoms with Crippen LogP contribution < -0.4 is 0 Å². The number of rotatable bonds is 2. The molecule has 112 valence electrons. The highest BCUT2D eigenvalue weighted by molar-refractivity contribution is 5.83. The van der Waals surface area contributed by atoms with Gasteiger partial charge in [-0.2, -0.15) is 0 Å². The lowest BCUT2D eigenvalue weighted by atomic mass is 9.95. The molecule has 20 heavy (non-hydrogen) atoms. The second-order valence-electron chi connectivity index (χ2n) is 6.31. The zero-order chi connectivity index (χ0) is 14.9. The van der Waals surface area contributed by atoms with Crippen molar-refractivity contribution in [2.75, 3.05) is 6.61 Å². The number of ether oxygens (including phenoxy) is 2. The average molecular weight is 281 g/mol. The highest BCUT2D eigenvalue weighted by atomic mass is 16.6. The highest BCUT2D eigenvalue weighted by Crippen LogP contribution is 2.42. The van der Waals surface area contributed by atoms with Gasteiger partial charge in [-0.05, 0) is 52.5 Å². The molecule has 1 amide bonds. The van der Waals surface area contributed by atoms with Gasteiger partial charge in [0.15, 0.2) is 0 Å². The topological polar surface area (TPSA) is 55.8 Å². The fraction of sp³-hybridized carbons (Fsp3) is 0.733. The minimum Gasteiger partial charge on any atom is -0.463 e. The molecular weight excluding hydrogens is 258 g/mol. The summed E-state index contributed by atoms with van der Waals surface area (Å²) in [6, 6.07) is 0.162. The van der Waals surface area contributed by atoms with Gasteiger partial charge >= 0.3 is 12.1 Å². The van der Waals surface area contributed by atoms with Crippen molar-refractivity contribution < 1.29 is 19.1 Å². The molecule has 0 aliphatic carbocycles. The first kappa shape index (κ1) is 14.9. The molecule has 0 spiro atoms. The third-order valence-corrected chi connectivity index (χ3v) is 3.60. The molecule has 2 fully saturated rings. The zero-order valence-corrected chi connectivity index (χ0v) is 12.6. The minimum atomic E-state index is -0.496. The zero-order valence-electron chi connectivity index (χ0n) is 12.6. The summed E-state index contributed by atoms with van der Waals surface area (Å²) in [6.07, 6.45) is 3.89. The number of carbonyl (C=O) groups is 2. The summed E-state index contributed by atoms with van der Waals surface area (Å²) in [7, 11) is 0. The van der Waals surface area contributed by atoms with Crippen molar-refractivity contribution in [2.45, 2.75) is 64.6 Å². The summed E-state index contributed by atoms with van der Waals surface area (Å²) < 4.78 is 10.4. The van der Waals surface area contributed by atoms with E-state index in [9.17, 15) is 9.59 Å². The summed E-state index contributed by atoms with van der Waals surface area (Å²) >= 11 is 0. The number of carbonyl (C=O) groups excluding carboxylic acids is 2. The van der Waals surface area contributed by atoms with Gasteiger partial charge in [0.25, 0.3) is 0 Å². The number of hydrogen-bond acceptors (Lipinski definition) is 4. The maximum absolute atomic E-state index is 12.2. The Morgan fingerprint density at radius 3 is 2.65 bits per heavy atom. The van der Waals surface area contributed by atoms with Crippen LogP contribution in [0.25, 0.3) is 0 Å². The van der Waals surface area contributed by atoms with Crippen LogP contribution in [0.4, 0.5) is 4.79 Å². The molecule has 2 heterocycles. The van der Waals surface area contributed by atoms with Crippen molar-refractivity contribution in [3.8, 4) is 0 Å². The molecule has 2 rings (SSSR count). The van der Waals surface area contributed by atoms with Crippen LogP contribution in [-0.4, -0.2) is 41.3 Å². The first-order chi connectivity index (χ1) is 9.31. The van der Waals surface area contributed by atoms with E-state index >= 15 is 0 Å². The SMILES string of the molecule is CCOC(=O)C=C1C[C@H]2CC[C@@H]1N2C(=O)OC(C)(C)C. The number of nitrogens with zero attached hydrogens (tertiary/aromatic N) is 1. The van der Waals surface area contributed by atoms with E-state index in [0.29, 0.717) is 6.61 Å². The van der Waals surface area contributed by atoms with Crippen LogP contribution in [0.3, 0.4) is 0 Å². The van der Waals surface area contributed by atoms with Gasteiger partial charge in [-0.25, -0.2) is 9.59 Å². The standard InChI is InChI=1S/C15H23NO4/c1-5-19-13(17)9-10-8-11-6-7-12(10)16(11)14(18)20-15(2,3)4/h9,11-12H,5-8H2,1-4H3/t11-,12+/m1/s1. The molecule has 2 saturated heterocycles. The lowest BCUT2D eigenvalue weighted by Crippen LogP contribution is -2.39. The Balaban J connectivity index is 2.07. The fourth-order valence-electron chi connectivity index (χ4n) is 2.94. The van der Waals surface area contributed by atoms with Crippen molar-refractivity contribution in [3.63, 3.8) is 0 Å². The molecule has 2 atom stereocenters. The highest BCUT2D eigenvalue weighted by Gasteiger charge is 2.47. The quantitative estimate of drug-likeness (QED) is 0.577. The Morgan fingerprint density at radius 1 is 1.35 bits per heavy atom. The van der Waals surface area contributed by atoms with Crippen molar-refractivity contribution in [2.24, 2.45) is 0 Å². The van der Waals surface area contributed by atoms with Gasteiger partial charge in [0.2, 0.25) is 0 Å². The largest absolute Gasteiger partial charge is 0.463 e. The van der Waals surface area contributed by atoms with Gasteiger partial charge < -0.3 is 9.47 Å². The van der Waals surface area contributed by atoms with Gasteiger partial charge in [-0.3, -0.25) is 4.90 Å². The molecule has 0 aromatic rings. The van der Waals surface area contributed by atoms with Crippen LogP contribution >= 0.6 is 0 Å². The molecule has 5 heteroatoms. The molecule has 2 aliphatic rings. The predicted molar refractivity (Wildman–Crippen MR) is 74.2 cm³/mol. The van der Waals surface area contributed by atoms with E-state index in [1.165, 1.54) is 0 Å². The van der Waals surface area contributed by atoms with E-state index in [4.69, 9.17) is 9.47 Å². The summed E-state index contributed by atoms with van der Waals surface area (Å²) in [5.41, 5.74) is 0.495. The van der Waals surface area contributed by atoms with Gasteiger partial charge in [0, 0.05) is 12.1 Å². The van der Waals surface area contributed by atoms with E-state index in [0.717, 1.165) is 24.8 Å². The summed E-state index contributed by atoms with van der Waals surface area (Å²) in [4.78, 5) is 25.6. The number of amides is 1. The molecule has 0 N–H and O–H groups in total. The Labute approximate surface area is 119 Å². The average Bonchev–Trinajstić information content (AvgIpc) is 2.83. The summed E-state index contributed by atoms with van der Waals surface area (Å²) in [5, 5.41) is 0. The lowest BCUT2D eigenvalue weighted by Gasteiger charge is -2.27. The maximum atomic E-state index is 12.2. The van der Waals surface area contributed by atoms with Gasteiger partial charge in [0.1, 0.15) is 5.60 Å². The van der Waals surface area contributed by atoms with Gasteiger partial charge in [-0.15, -0.1) is 0 Å². The molecule has 0 radical (unpaired) electrons. The molecule has 0 aromatic carbocycles. The maximum Gasteiger partial charge on any atom is 0.411 e. The van der Waals surface area contributed by atoms with Crippen LogP contribution in [0.15, 0.2) is 11.6 Å². The second kappa shape index (κ2) is 5.46. The minimum absolute atomic E-state index is 0.000689. The third kappa shape index (κ3) is 3.14. The molecule has 2 bridgehead atoms. The molecule has 0 unspecified atom stereocenters. The number of hydrogen-bond donors (Lipinski definition) is 0. The second-order valence-corrected chi connectivity index (χ2v) is 6.31. The Morgan fingerprint density at radius 2 is 2.05 bits per heavy atom. The van der Waals surface area contributed by atoms with E-state index < -0.39 is 5.60 Å². The fourth-order valence-corrected chi connectivity index (χ4v) is 2.94. The Bertz CT molecular complexity index is 436. The monoisotopic (exact) mass is 281 g/mol. The Kier molecular flexibility index (Phi) is 4.06. The number of esters is 1. The first-order valence-electron chi connectivity index (χ1n) is 7.20. The molecule has 0 saturated carbocycles. The molecular formula is C15H23NO4. The van der Waals surface area contributed by atoms with Crippen molar-refractivity contribution >= 4 is 12.1 Å². The Hall–Kier alpha value is -1.52. The summed E-state index contributed by atoms with van der Waals surface area (Å²) in [5.74, 6) is -0.320. The van der Waals surface area contributed by atoms with E-state index in [1.54, 1.807) is 17.9 Å². The smallest absolute Gasteiger partial charge is 0.411 e. The molecule has 2 aliphatic heterocycles. The van der Waals surface area contributed by atoms with Crippen molar-refractivity contribution in [3.05, 3.63) is 11.6 Å². The summed E-state index contributed by atoms with van der Waals surface area (Å²) in [6.45, 7) is 7.73. The predicted octanol–water partition coefficient (Wildman–Crippen LogP) is 2.65. The van der Waals surface area contributed by atoms with Gasteiger partial charge in [0.05, 0.1) is 12.6 Å². The first-order valence-corrected chi connectivity index (χ1v) is 7.20. The normalized spacial score (nSPS) is 27.0. The number of fused-ring (bicyclic) bond motifs is 2.